The van der Waals surface area contributed by atoms with E-state index in [-0.39, 0.29) is 0 Å². The van der Waals surface area contributed by atoms with E-state index in [9.17, 15) is 0 Å². The lowest BCUT2D eigenvalue weighted by Gasteiger charge is -2.35. The molecule has 0 bridgehead atoms. The second kappa shape index (κ2) is 6.67. The van der Waals surface area contributed by atoms with Crippen LogP contribution in [0, 0.1) is 53.3 Å². The van der Waals surface area contributed by atoms with Crippen molar-refractivity contribution in [1.82, 2.24) is 0 Å². The minimum Gasteiger partial charge on any atom is -0.0998 e. The lowest BCUT2D eigenvalue weighted by atomic mass is 9.70. The summed E-state index contributed by atoms with van der Waals surface area (Å²) in [5.41, 5.74) is 1.43. The maximum Gasteiger partial charge on any atom is -0.0141 e. The van der Waals surface area contributed by atoms with Crippen molar-refractivity contribution in [3.05, 3.63) is 12.2 Å². The Bertz CT molecular complexity index is 295. The molecule has 0 amide bonds. The van der Waals surface area contributed by atoms with Crippen molar-refractivity contribution in [2.75, 3.05) is 0 Å². The Labute approximate surface area is 128 Å². The Morgan fingerprint density at radius 1 is 0.600 bits per heavy atom. The van der Waals surface area contributed by atoms with E-state index < -0.39 is 0 Å². The predicted octanol–water partition coefficient (Wildman–Crippen LogP) is 6.28. The zero-order chi connectivity index (χ0) is 15.8. The van der Waals surface area contributed by atoms with Crippen LogP contribution >= 0.6 is 0 Å². The topological polar surface area (TPSA) is 0 Å². The SMILES string of the molecule is C=C(C)C1[C@H](C(C)C)C(C(C)C)[C@H](C(C)C)[C@@H]1C(C)C. The molecule has 0 aromatic carbocycles. The molecule has 5 atom stereocenters. The molecular weight excluding hydrogens is 240 g/mol. The van der Waals surface area contributed by atoms with Gasteiger partial charge in [0.05, 0.1) is 0 Å². The lowest BCUT2D eigenvalue weighted by molar-refractivity contribution is 0.131. The molecule has 1 aliphatic rings. The highest BCUT2D eigenvalue weighted by atomic mass is 14.6. The number of hydrogen-bond acceptors (Lipinski definition) is 0. The molecule has 1 rings (SSSR count). The normalized spacial score (nSPS) is 34.8. The Morgan fingerprint density at radius 3 is 1.00 bits per heavy atom. The first-order chi connectivity index (χ1) is 9.11. The molecule has 0 heteroatoms. The van der Waals surface area contributed by atoms with E-state index in [1.54, 1.807) is 0 Å². The van der Waals surface area contributed by atoms with Gasteiger partial charge in [-0.25, -0.2) is 0 Å². The summed E-state index contributed by atoms with van der Waals surface area (Å²) in [6.45, 7) is 26.1. The molecule has 118 valence electrons. The van der Waals surface area contributed by atoms with Crippen molar-refractivity contribution in [2.45, 2.75) is 62.3 Å². The third kappa shape index (κ3) is 3.15. The van der Waals surface area contributed by atoms with E-state index in [1.165, 1.54) is 5.57 Å². The zero-order valence-electron chi connectivity index (χ0n) is 15.4. The summed E-state index contributed by atoms with van der Waals surface area (Å²) in [4.78, 5) is 0. The van der Waals surface area contributed by atoms with E-state index in [1.807, 2.05) is 0 Å². The van der Waals surface area contributed by atoms with Gasteiger partial charge in [0.15, 0.2) is 0 Å². The van der Waals surface area contributed by atoms with Crippen LogP contribution in [0.4, 0.5) is 0 Å². The minimum absolute atomic E-state index is 0.717. The molecule has 0 aromatic heterocycles. The van der Waals surface area contributed by atoms with E-state index >= 15 is 0 Å². The quantitative estimate of drug-likeness (QED) is 0.519. The average Bonchev–Trinajstić information content (AvgIpc) is 2.64. The van der Waals surface area contributed by atoms with Gasteiger partial charge in [0, 0.05) is 0 Å². The molecule has 0 spiro atoms. The molecule has 0 aromatic rings. The molecule has 1 fully saturated rings. The monoisotopic (exact) mass is 278 g/mol. The van der Waals surface area contributed by atoms with Crippen LogP contribution in [0.3, 0.4) is 0 Å². The van der Waals surface area contributed by atoms with Gasteiger partial charge >= 0.3 is 0 Å². The van der Waals surface area contributed by atoms with Crippen molar-refractivity contribution in [1.29, 1.82) is 0 Å². The fourth-order valence-corrected chi connectivity index (χ4v) is 5.40. The molecule has 1 aliphatic carbocycles. The molecule has 1 saturated carbocycles. The highest BCUT2D eigenvalue weighted by molar-refractivity contribution is 5.12. The van der Waals surface area contributed by atoms with Gasteiger partial charge in [-0.05, 0) is 60.2 Å². The summed E-state index contributed by atoms with van der Waals surface area (Å²) in [5.74, 6) is 7.12. The van der Waals surface area contributed by atoms with Crippen LogP contribution in [0.15, 0.2) is 12.2 Å². The van der Waals surface area contributed by atoms with Gasteiger partial charge in [-0.3, -0.25) is 0 Å². The summed E-state index contributed by atoms with van der Waals surface area (Å²) in [7, 11) is 0. The van der Waals surface area contributed by atoms with Crippen LogP contribution < -0.4 is 0 Å². The van der Waals surface area contributed by atoms with Crippen LogP contribution in [0.5, 0.6) is 0 Å². The molecule has 2 unspecified atom stereocenters. The van der Waals surface area contributed by atoms with Crippen molar-refractivity contribution >= 4 is 0 Å². The van der Waals surface area contributed by atoms with Gasteiger partial charge in [0.2, 0.25) is 0 Å². The minimum atomic E-state index is 0.717. The first kappa shape index (κ1) is 17.8. The highest BCUT2D eigenvalue weighted by Crippen LogP contribution is 2.58. The van der Waals surface area contributed by atoms with Gasteiger partial charge in [-0.1, -0.05) is 67.5 Å². The van der Waals surface area contributed by atoms with Crippen LogP contribution in [0.1, 0.15) is 62.3 Å². The van der Waals surface area contributed by atoms with Crippen LogP contribution in [0.2, 0.25) is 0 Å². The number of hydrogen-bond donors (Lipinski definition) is 0. The molecule has 0 aliphatic heterocycles. The molecule has 20 heavy (non-hydrogen) atoms. The first-order valence-electron chi connectivity index (χ1n) is 8.76. The summed E-state index contributed by atoms with van der Waals surface area (Å²) in [6, 6.07) is 0. The second-order valence-corrected chi connectivity index (χ2v) is 8.66. The molecule has 0 N–H and O–H groups in total. The number of rotatable bonds is 5. The molecule has 0 radical (unpaired) electrons. The Morgan fingerprint density at radius 2 is 0.850 bits per heavy atom. The average molecular weight is 279 g/mol. The van der Waals surface area contributed by atoms with E-state index in [0.29, 0.717) is 0 Å². The fraction of sp³-hybridized carbons (Fsp3) is 0.900. The van der Waals surface area contributed by atoms with Crippen molar-refractivity contribution in [2.24, 2.45) is 53.3 Å². The summed E-state index contributed by atoms with van der Waals surface area (Å²) >= 11 is 0. The lowest BCUT2D eigenvalue weighted by Crippen LogP contribution is -2.29. The third-order valence-corrected chi connectivity index (χ3v) is 5.81. The van der Waals surface area contributed by atoms with Gasteiger partial charge in [0.25, 0.3) is 0 Å². The molecular formula is C20H38. The molecule has 0 heterocycles. The summed E-state index contributed by atoms with van der Waals surface area (Å²) in [5, 5.41) is 0. The smallest absolute Gasteiger partial charge is 0.0141 e. The summed E-state index contributed by atoms with van der Waals surface area (Å²) < 4.78 is 0. The van der Waals surface area contributed by atoms with Crippen molar-refractivity contribution in [3.63, 3.8) is 0 Å². The zero-order valence-corrected chi connectivity index (χ0v) is 15.4. The van der Waals surface area contributed by atoms with Gasteiger partial charge < -0.3 is 0 Å². The Hall–Kier alpha value is -0.260. The second-order valence-electron chi connectivity index (χ2n) is 8.66. The predicted molar refractivity (Wildman–Crippen MR) is 91.6 cm³/mol. The van der Waals surface area contributed by atoms with Crippen LogP contribution in [-0.4, -0.2) is 0 Å². The molecule has 0 nitrogen and oxygen atoms in total. The van der Waals surface area contributed by atoms with Crippen LogP contribution in [0.25, 0.3) is 0 Å². The standard InChI is InChI=1S/C20H38/c1-11(2)16-17(12(3)4)19(14(7)8)20(15(9)10)18(16)13(5)6/h12-20H,1H2,2-10H3/t16?,17-,18+,19-,20?/m1/s1. The Balaban J connectivity index is 3.36. The van der Waals surface area contributed by atoms with E-state index in [0.717, 1.165) is 53.3 Å². The molecule has 0 saturated heterocycles. The highest BCUT2D eigenvalue weighted by Gasteiger charge is 2.53. The van der Waals surface area contributed by atoms with Gasteiger partial charge in [-0.2, -0.15) is 0 Å². The van der Waals surface area contributed by atoms with Crippen molar-refractivity contribution in [3.8, 4) is 0 Å². The van der Waals surface area contributed by atoms with E-state index in [4.69, 9.17) is 0 Å². The maximum absolute atomic E-state index is 4.39. The van der Waals surface area contributed by atoms with Gasteiger partial charge in [0.1, 0.15) is 0 Å². The first-order valence-corrected chi connectivity index (χ1v) is 8.76. The Kier molecular flexibility index (Phi) is 5.93. The number of allylic oxidation sites excluding steroid dienone is 1. The largest absolute Gasteiger partial charge is 0.0998 e. The van der Waals surface area contributed by atoms with Crippen molar-refractivity contribution < 1.29 is 0 Å². The van der Waals surface area contributed by atoms with Gasteiger partial charge in [-0.15, -0.1) is 0 Å². The van der Waals surface area contributed by atoms with Crippen LogP contribution in [-0.2, 0) is 0 Å². The fourth-order valence-electron chi connectivity index (χ4n) is 5.40. The summed E-state index contributed by atoms with van der Waals surface area (Å²) in [6.07, 6.45) is 0. The van der Waals surface area contributed by atoms with E-state index in [2.05, 4.69) is 68.9 Å². The maximum atomic E-state index is 4.39. The third-order valence-electron chi connectivity index (χ3n) is 5.81.